The normalized spacial score (nSPS) is 12.2. The van der Waals surface area contributed by atoms with Gasteiger partial charge in [0, 0.05) is 31.0 Å². The van der Waals surface area contributed by atoms with Crippen LogP contribution in [0.1, 0.15) is 45.1 Å². The standard InChI is InChI=1S/C27H33Cl2F2NO6/c1-3-36-24(25(33)34)17-19-7-10-21(11-8-19)37-16-15-32(14-6-4-5-13-27(2,30)31)26(35)38-23-12-9-20(28)18-22(23)29/h7-12,18,24H,3-6,13-17H2,1-2H3,(H,33,34). The van der Waals surface area contributed by atoms with Gasteiger partial charge in [0.2, 0.25) is 5.92 Å². The van der Waals surface area contributed by atoms with Crippen LogP contribution in [0.25, 0.3) is 0 Å². The lowest BCUT2D eigenvalue weighted by molar-refractivity contribution is -0.149. The summed E-state index contributed by atoms with van der Waals surface area (Å²) < 4.78 is 42.6. The second kappa shape index (κ2) is 15.7. The Labute approximate surface area is 231 Å². The van der Waals surface area contributed by atoms with E-state index in [1.54, 1.807) is 37.3 Å². The molecule has 1 unspecified atom stereocenters. The lowest BCUT2D eigenvalue weighted by Gasteiger charge is -2.22. The second-order valence-electron chi connectivity index (χ2n) is 8.79. The van der Waals surface area contributed by atoms with Crippen molar-refractivity contribution in [2.45, 2.75) is 58.0 Å². The molecule has 7 nitrogen and oxygen atoms in total. The molecule has 0 aromatic heterocycles. The predicted molar refractivity (Wildman–Crippen MR) is 142 cm³/mol. The van der Waals surface area contributed by atoms with Crippen LogP contribution in [-0.4, -0.2) is 60.4 Å². The average molecular weight is 576 g/mol. The highest BCUT2D eigenvalue weighted by molar-refractivity contribution is 6.35. The first-order chi connectivity index (χ1) is 18.0. The summed E-state index contributed by atoms with van der Waals surface area (Å²) in [5.74, 6) is -3.05. The Morgan fingerprint density at radius 1 is 1.05 bits per heavy atom. The van der Waals surface area contributed by atoms with Gasteiger partial charge in [-0.1, -0.05) is 41.8 Å². The van der Waals surface area contributed by atoms with Gasteiger partial charge in [-0.2, -0.15) is 0 Å². The van der Waals surface area contributed by atoms with Gasteiger partial charge in [-0.05, 0) is 62.6 Å². The zero-order valence-electron chi connectivity index (χ0n) is 21.4. The Bertz CT molecular complexity index is 1030. The van der Waals surface area contributed by atoms with Crippen LogP contribution in [0, 0.1) is 0 Å². The maximum absolute atomic E-state index is 13.1. The van der Waals surface area contributed by atoms with Gasteiger partial charge in [-0.15, -0.1) is 0 Å². The number of benzene rings is 2. The lowest BCUT2D eigenvalue weighted by atomic mass is 10.1. The number of ether oxygens (including phenoxy) is 3. The van der Waals surface area contributed by atoms with Crippen LogP contribution in [0.2, 0.25) is 10.0 Å². The SMILES string of the molecule is CCOC(Cc1ccc(OCCN(CCCCCC(C)(F)F)C(=O)Oc2ccc(Cl)cc2Cl)cc1)C(=O)O. The molecule has 0 saturated heterocycles. The number of carboxylic acid groups (broad SMARTS) is 1. The maximum atomic E-state index is 13.1. The highest BCUT2D eigenvalue weighted by atomic mass is 35.5. The third-order valence-corrected chi connectivity index (χ3v) is 6.04. The number of carbonyl (C=O) groups excluding carboxylic acids is 1. The molecule has 1 N–H and O–H groups in total. The minimum atomic E-state index is -2.72. The molecule has 38 heavy (non-hydrogen) atoms. The summed E-state index contributed by atoms with van der Waals surface area (Å²) in [6.45, 7) is 3.54. The van der Waals surface area contributed by atoms with Crippen molar-refractivity contribution in [3.63, 3.8) is 0 Å². The van der Waals surface area contributed by atoms with Gasteiger partial charge in [0.15, 0.2) is 11.9 Å². The second-order valence-corrected chi connectivity index (χ2v) is 9.63. The largest absolute Gasteiger partial charge is 0.492 e. The summed E-state index contributed by atoms with van der Waals surface area (Å²) in [6, 6.07) is 11.4. The first-order valence-corrected chi connectivity index (χ1v) is 13.1. The molecule has 11 heteroatoms. The number of carboxylic acids is 1. The van der Waals surface area contributed by atoms with E-state index in [2.05, 4.69) is 0 Å². The molecule has 2 aromatic rings. The van der Waals surface area contributed by atoms with Crippen LogP contribution in [0.3, 0.4) is 0 Å². The molecular formula is C27H33Cl2F2NO6. The Balaban J connectivity index is 1.94. The molecule has 0 aliphatic carbocycles. The summed E-state index contributed by atoms with van der Waals surface area (Å²) in [7, 11) is 0. The fourth-order valence-electron chi connectivity index (χ4n) is 3.55. The molecule has 0 bridgehead atoms. The van der Waals surface area contributed by atoms with Crippen LogP contribution in [0.5, 0.6) is 11.5 Å². The van der Waals surface area contributed by atoms with E-state index >= 15 is 0 Å². The summed E-state index contributed by atoms with van der Waals surface area (Å²) in [6.07, 6.45) is -0.192. The number of unbranched alkanes of at least 4 members (excludes halogenated alkanes) is 2. The van der Waals surface area contributed by atoms with Gasteiger partial charge in [0.1, 0.15) is 12.4 Å². The van der Waals surface area contributed by atoms with Gasteiger partial charge >= 0.3 is 12.1 Å². The van der Waals surface area contributed by atoms with E-state index in [4.69, 9.17) is 37.4 Å². The topological polar surface area (TPSA) is 85.3 Å². The van der Waals surface area contributed by atoms with Crippen molar-refractivity contribution >= 4 is 35.3 Å². The molecule has 1 atom stereocenters. The summed E-state index contributed by atoms with van der Waals surface area (Å²) >= 11 is 12.0. The smallest absolute Gasteiger partial charge is 0.415 e. The van der Waals surface area contributed by atoms with Crippen molar-refractivity contribution in [1.82, 2.24) is 4.90 Å². The number of amides is 1. The van der Waals surface area contributed by atoms with E-state index in [1.165, 1.54) is 17.0 Å². The molecular weight excluding hydrogens is 543 g/mol. The molecule has 0 fully saturated rings. The Kier molecular flexibility index (Phi) is 13.1. The van der Waals surface area contributed by atoms with Crippen LogP contribution >= 0.6 is 23.2 Å². The molecule has 1 amide bonds. The van der Waals surface area contributed by atoms with Crippen molar-refractivity contribution in [3.05, 3.63) is 58.1 Å². The molecule has 0 spiro atoms. The lowest BCUT2D eigenvalue weighted by Crippen LogP contribution is -2.37. The molecule has 0 saturated carbocycles. The van der Waals surface area contributed by atoms with E-state index in [1.807, 2.05) is 0 Å². The zero-order valence-corrected chi connectivity index (χ0v) is 22.9. The number of carbonyl (C=O) groups is 2. The van der Waals surface area contributed by atoms with Gasteiger partial charge in [0.25, 0.3) is 0 Å². The van der Waals surface area contributed by atoms with Crippen molar-refractivity contribution in [2.24, 2.45) is 0 Å². The predicted octanol–water partition coefficient (Wildman–Crippen LogP) is 7.12. The zero-order chi connectivity index (χ0) is 28.1. The van der Waals surface area contributed by atoms with Gasteiger partial charge in [-0.3, -0.25) is 0 Å². The third kappa shape index (κ3) is 11.8. The number of rotatable bonds is 16. The monoisotopic (exact) mass is 575 g/mol. The van der Waals surface area contributed by atoms with Crippen molar-refractivity contribution in [2.75, 3.05) is 26.3 Å². The maximum Gasteiger partial charge on any atom is 0.415 e. The molecule has 0 heterocycles. The van der Waals surface area contributed by atoms with Gasteiger partial charge in [0.05, 0.1) is 11.6 Å². The average Bonchev–Trinajstić information content (AvgIpc) is 2.84. The molecule has 210 valence electrons. The Hall–Kier alpha value is -2.62. The molecule has 0 aliphatic rings. The van der Waals surface area contributed by atoms with Crippen LogP contribution < -0.4 is 9.47 Å². The third-order valence-electron chi connectivity index (χ3n) is 5.51. The summed E-state index contributed by atoms with van der Waals surface area (Å²) in [5.41, 5.74) is 0.779. The highest BCUT2D eigenvalue weighted by Gasteiger charge is 2.21. The summed E-state index contributed by atoms with van der Waals surface area (Å²) in [5, 5.41) is 9.82. The molecule has 2 aromatic carbocycles. The quantitative estimate of drug-likeness (QED) is 0.214. The van der Waals surface area contributed by atoms with E-state index in [0.717, 1.165) is 12.5 Å². The van der Waals surface area contributed by atoms with Gasteiger partial charge in [-0.25, -0.2) is 18.4 Å². The fourth-order valence-corrected chi connectivity index (χ4v) is 4.00. The van der Waals surface area contributed by atoms with Crippen LogP contribution in [0.15, 0.2) is 42.5 Å². The van der Waals surface area contributed by atoms with E-state index in [-0.39, 0.29) is 43.3 Å². The minimum absolute atomic E-state index is 0.145. The van der Waals surface area contributed by atoms with Crippen LogP contribution in [-0.2, 0) is 16.0 Å². The number of hydrogen-bond acceptors (Lipinski definition) is 5. The van der Waals surface area contributed by atoms with E-state index in [9.17, 15) is 23.5 Å². The van der Waals surface area contributed by atoms with Crippen molar-refractivity contribution in [3.8, 4) is 11.5 Å². The van der Waals surface area contributed by atoms with Gasteiger partial charge < -0.3 is 24.2 Å². The number of nitrogens with zero attached hydrogens (tertiary/aromatic N) is 1. The number of aliphatic carboxylic acids is 1. The molecule has 0 aliphatic heterocycles. The van der Waals surface area contributed by atoms with E-state index < -0.39 is 24.1 Å². The van der Waals surface area contributed by atoms with Crippen molar-refractivity contribution < 1.29 is 37.7 Å². The number of hydrogen-bond donors (Lipinski definition) is 1. The molecule has 0 radical (unpaired) electrons. The first kappa shape index (κ1) is 31.6. The number of alkyl halides is 2. The fraction of sp³-hybridized carbons (Fsp3) is 0.481. The van der Waals surface area contributed by atoms with Crippen LogP contribution in [0.4, 0.5) is 13.6 Å². The first-order valence-electron chi connectivity index (χ1n) is 12.3. The summed E-state index contributed by atoms with van der Waals surface area (Å²) in [4.78, 5) is 25.6. The highest BCUT2D eigenvalue weighted by Crippen LogP contribution is 2.28. The Morgan fingerprint density at radius 2 is 1.76 bits per heavy atom. The molecule has 2 rings (SSSR count). The minimum Gasteiger partial charge on any atom is -0.492 e. The number of halogens is 4. The van der Waals surface area contributed by atoms with Crippen molar-refractivity contribution in [1.29, 1.82) is 0 Å². The van der Waals surface area contributed by atoms with E-state index in [0.29, 0.717) is 36.6 Å². The Morgan fingerprint density at radius 3 is 2.37 bits per heavy atom.